The molecular formula is C23H30N4O4S. The number of likely N-dealkylation sites (tertiary alicyclic amines) is 1. The molecule has 2 aliphatic rings. The van der Waals surface area contributed by atoms with E-state index in [0.717, 1.165) is 56.8 Å². The number of piperidine rings is 1. The van der Waals surface area contributed by atoms with Crippen molar-refractivity contribution in [2.24, 2.45) is 5.92 Å². The Morgan fingerprint density at radius 2 is 1.97 bits per heavy atom. The zero-order chi connectivity index (χ0) is 22.5. The number of methoxy groups -OCH3 is 2. The maximum Gasteiger partial charge on any atom is 0.280 e. The molecule has 1 saturated heterocycles. The molecule has 9 heteroatoms. The lowest BCUT2D eigenvalue weighted by Crippen LogP contribution is -2.47. The molecule has 2 aliphatic heterocycles. The molecule has 0 bridgehead atoms. The minimum Gasteiger partial charge on any atom is -0.493 e. The van der Waals surface area contributed by atoms with Crippen molar-refractivity contribution >= 4 is 23.2 Å². The van der Waals surface area contributed by atoms with E-state index in [1.165, 1.54) is 16.9 Å². The predicted octanol–water partition coefficient (Wildman–Crippen LogP) is 2.19. The van der Waals surface area contributed by atoms with Gasteiger partial charge in [0.1, 0.15) is 0 Å². The number of carbonyl (C=O) groups excluding carboxylic acids is 2. The summed E-state index contributed by atoms with van der Waals surface area (Å²) in [4.78, 5) is 33.6. The largest absolute Gasteiger partial charge is 0.493 e. The van der Waals surface area contributed by atoms with Crippen LogP contribution >= 0.6 is 11.3 Å². The molecule has 0 saturated carbocycles. The van der Waals surface area contributed by atoms with Gasteiger partial charge in [-0.3, -0.25) is 9.59 Å². The Hall–Kier alpha value is -2.65. The molecule has 8 nitrogen and oxygen atoms in total. The lowest BCUT2D eigenvalue weighted by Gasteiger charge is -2.37. The van der Waals surface area contributed by atoms with E-state index >= 15 is 0 Å². The van der Waals surface area contributed by atoms with Crippen molar-refractivity contribution in [1.82, 2.24) is 20.1 Å². The van der Waals surface area contributed by atoms with E-state index in [1.807, 2.05) is 17.0 Å². The number of hydrogen-bond donors (Lipinski definition) is 1. The Morgan fingerprint density at radius 1 is 1.19 bits per heavy atom. The van der Waals surface area contributed by atoms with Crippen LogP contribution in [0.2, 0.25) is 0 Å². The summed E-state index contributed by atoms with van der Waals surface area (Å²) in [7, 11) is 3.27. The molecule has 1 fully saturated rings. The smallest absolute Gasteiger partial charge is 0.280 e. The third-order valence-corrected chi connectivity index (χ3v) is 7.00. The Morgan fingerprint density at radius 3 is 2.69 bits per heavy atom. The van der Waals surface area contributed by atoms with Crippen LogP contribution in [0.4, 0.5) is 0 Å². The lowest BCUT2D eigenvalue weighted by atomic mass is 9.93. The first-order valence-corrected chi connectivity index (χ1v) is 11.9. The molecule has 2 amide bonds. The molecule has 1 aromatic carbocycles. The third-order valence-electron chi connectivity index (χ3n) is 6.22. The van der Waals surface area contributed by atoms with E-state index in [1.54, 1.807) is 25.8 Å². The summed E-state index contributed by atoms with van der Waals surface area (Å²) in [6.07, 6.45) is 4.36. The second kappa shape index (κ2) is 10.3. The highest BCUT2D eigenvalue weighted by atomic mass is 32.1. The summed E-state index contributed by atoms with van der Waals surface area (Å²) >= 11 is 1.33. The molecule has 1 atom stereocenters. The van der Waals surface area contributed by atoms with Gasteiger partial charge in [0.2, 0.25) is 5.91 Å². The standard InChI is InChI=1S/C23H30N4O4S/c1-30-19-12-16-5-9-27(15-18(16)13-20(19)31-2)23(29)17-4-3-8-26(14-17)10-6-24-21(28)22-25-7-11-32-22/h7,11-13,17H,3-6,8-10,14-15H2,1-2H3,(H,24,28). The molecule has 32 heavy (non-hydrogen) atoms. The number of nitrogens with zero attached hydrogens (tertiary/aromatic N) is 3. The Bertz CT molecular complexity index is 950. The molecule has 2 aromatic rings. The number of hydrogen-bond acceptors (Lipinski definition) is 7. The normalized spacial score (nSPS) is 18.7. The minimum absolute atomic E-state index is 0.000100. The van der Waals surface area contributed by atoms with E-state index < -0.39 is 0 Å². The van der Waals surface area contributed by atoms with Crippen LogP contribution in [0.15, 0.2) is 23.7 Å². The van der Waals surface area contributed by atoms with E-state index in [9.17, 15) is 9.59 Å². The van der Waals surface area contributed by atoms with Crippen molar-refractivity contribution in [3.05, 3.63) is 39.8 Å². The van der Waals surface area contributed by atoms with Crippen molar-refractivity contribution in [3.8, 4) is 11.5 Å². The summed E-state index contributed by atoms with van der Waals surface area (Å²) in [5.41, 5.74) is 2.34. The highest BCUT2D eigenvalue weighted by Gasteiger charge is 2.31. The number of ether oxygens (including phenoxy) is 2. The summed E-state index contributed by atoms with van der Waals surface area (Å²) in [6, 6.07) is 4.02. The van der Waals surface area contributed by atoms with Crippen molar-refractivity contribution in [2.45, 2.75) is 25.8 Å². The second-order valence-electron chi connectivity index (χ2n) is 8.22. The number of thiazole rings is 1. The van der Waals surface area contributed by atoms with Crippen molar-refractivity contribution in [2.75, 3.05) is 46.9 Å². The van der Waals surface area contributed by atoms with Gasteiger partial charge in [0.15, 0.2) is 16.5 Å². The van der Waals surface area contributed by atoms with Crippen LogP contribution in [-0.2, 0) is 17.8 Å². The highest BCUT2D eigenvalue weighted by molar-refractivity contribution is 7.11. The minimum atomic E-state index is -0.135. The number of aromatic nitrogens is 1. The maximum absolute atomic E-state index is 13.3. The first-order chi connectivity index (χ1) is 15.6. The van der Waals surface area contributed by atoms with Gasteiger partial charge in [-0.05, 0) is 49.1 Å². The van der Waals surface area contributed by atoms with E-state index in [4.69, 9.17) is 9.47 Å². The maximum atomic E-state index is 13.3. The molecule has 1 aromatic heterocycles. The van der Waals surface area contributed by atoms with Gasteiger partial charge in [-0.2, -0.15) is 0 Å². The van der Waals surface area contributed by atoms with Gasteiger partial charge in [0.05, 0.1) is 20.1 Å². The highest BCUT2D eigenvalue weighted by Crippen LogP contribution is 2.34. The quantitative estimate of drug-likeness (QED) is 0.685. The average molecular weight is 459 g/mol. The Kier molecular flexibility index (Phi) is 7.26. The van der Waals surface area contributed by atoms with Crippen molar-refractivity contribution in [1.29, 1.82) is 0 Å². The number of nitrogens with one attached hydrogen (secondary N) is 1. The van der Waals surface area contributed by atoms with Gasteiger partial charge in [0, 0.05) is 44.3 Å². The van der Waals surface area contributed by atoms with Gasteiger partial charge < -0.3 is 24.6 Å². The van der Waals surface area contributed by atoms with E-state index in [2.05, 4.69) is 15.2 Å². The van der Waals surface area contributed by atoms with Crippen LogP contribution in [0.3, 0.4) is 0 Å². The number of rotatable bonds is 7. The van der Waals surface area contributed by atoms with Crippen LogP contribution in [-0.4, -0.2) is 73.5 Å². The molecule has 1 unspecified atom stereocenters. The van der Waals surface area contributed by atoms with Gasteiger partial charge in [-0.1, -0.05) is 0 Å². The number of amides is 2. The summed E-state index contributed by atoms with van der Waals surface area (Å²) in [6.45, 7) is 4.31. The monoisotopic (exact) mass is 458 g/mol. The first kappa shape index (κ1) is 22.5. The van der Waals surface area contributed by atoms with Crippen molar-refractivity contribution < 1.29 is 19.1 Å². The molecule has 3 heterocycles. The molecule has 0 radical (unpaired) electrons. The number of benzene rings is 1. The van der Waals surface area contributed by atoms with E-state index in [0.29, 0.717) is 23.8 Å². The van der Waals surface area contributed by atoms with Crippen LogP contribution < -0.4 is 14.8 Å². The zero-order valence-electron chi connectivity index (χ0n) is 18.6. The molecule has 0 spiro atoms. The fourth-order valence-electron chi connectivity index (χ4n) is 4.53. The fourth-order valence-corrected chi connectivity index (χ4v) is 5.08. The van der Waals surface area contributed by atoms with Crippen molar-refractivity contribution in [3.63, 3.8) is 0 Å². The lowest BCUT2D eigenvalue weighted by molar-refractivity contribution is -0.138. The van der Waals surface area contributed by atoms with Gasteiger partial charge >= 0.3 is 0 Å². The summed E-state index contributed by atoms with van der Waals surface area (Å²) in [5, 5.41) is 5.20. The fraction of sp³-hybridized carbons (Fsp3) is 0.522. The second-order valence-corrected chi connectivity index (χ2v) is 9.11. The third kappa shape index (κ3) is 5.05. The van der Waals surface area contributed by atoms with Crippen LogP contribution in [0.5, 0.6) is 11.5 Å². The SMILES string of the molecule is COc1cc2c(cc1OC)CN(C(=O)C1CCCN(CCNC(=O)c3nccs3)C1)CC2. The zero-order valence-corrected chi connectivity index (χ0v) is 19.5. The molecule has 172 valence electrons. The summed E-state index contributed by atoms with van der Waals surface area (Å²) < 4.78 is 10.8. The van der Waals surface area contributed by atoms with Crippen LogP contribution in [0.1, 0.15) is 33.8 Å². The van der Waals surface area contributed by atoms with Gasteiger partial charge in [-0.15, -0.1) is 11.3 Å². The van der Waals surface area contributed by atoms with Crippen LogP contribution in [0, 0.1) is 5.92 Å². The van der Waals surface area contributed by atoms with Crippen LogP contribution in [0.25, 0.3) is 0 Å². The van der Waals surface area contributed by atoms with E-state index in [-0.39, 0.29) is 17.7 Å². The number of carbonyl (C=O) groups is 2. The Balaban J connectivity index is 1.31. The Labute approximate surface area is 192 Å². The molecule has 4 rings (SSSR count). The number of fused-ring (bicyclic) bond motifs is 1. The van der Waals surface area contributed by atoms with Gasteiger partial charge in [-0.25, -0.2) is 4.98 Å². The first-order valence-electron chi connectivity index (χ1n) is 11.0. The molecule has 0 aliphatic carbocycles. The molecule has 1 N–H and O–H groups in total. The summed E-state index contributed by atoms with van der Waals surface area (Å²) in [5.74, 6) is 1.52. The molecular weight excluding hydrogens is 428 g/mol. The average Bonchev–Trinajstić information content (AvgIpc) is 3.37. The van der Waals surface area contributed by atoms with Gasteiger partial charge in [0.25, 0.3) is 5.91 Å². The topological polar surface area (TPSA) is 84.0 Å². The predicted molar refractivity (Wildman–Crippen MR) is 122 cm³/mol.